The third kappa shape index (κ3) is 2.14. The maximum atomic E-state index is 11.4. The van der Waals surface area contributed by atoms with Gasteiger partial charge >= 0.3 is 5.97 Å². The van der Waals surface area contributed by atoms with Crippen molar-refractivity contribution in [2.75, 3.05) is 12.3 Å². The number of aromatic nitrogens is 1. The van der Waals surface area contributed by atoms with Crippen molar-refractivity contribution in [3.8, 4) is 0 Å². The third-order valence-corrected chi connectivity index (χ3v) is 3.05. The lowest BCUT2D eigenvalue weighted by Gasteiger charge is -1.99. The maximum absolute atomic E-state index is 11.4. The Bertz CT molecular complexity index is 522. The van der Waals surface area contributed by atoms with Gasteiger partial charge in [-0.2, -0.15) is 4.37 Å². The van der Waals surface area contributed by atoms with Gasteiger partial charge in [-0.05, 0) is 36.7 Å². The summed E-state index contributed by atoms with van der Waals surface area (Å²) in [6, 6.07) is 5.58. The second kappa shape index (κ2) is 4.49. The summed E-state index contributed by atoms with van der Waals surface area (Å²) in [6.07, 6.45) is 0.206. The number of nitrogens with zero attached hydrogens (tertiary/aromatic N) is 1. The Labute approximate surface area is 97.2 Å². The number of esters is 1. The van der Waals surface area contributed by atoms with Crippen molar-refractivity contribution in [2.24, 2.45) is 0 Å². The molecule has 0 radical (unpaired) electrons. The number of benzene rings is 1. The van der Waals surface area contributed by atoms with Crippen LogP contribution < -0.4 is 5.73 Å². The second-order valence-electron chi connectivity index (χ2n) is 3.37. The topological polar surface area (TPSA) is 65.2 Å². The number of carbonyl (C=O) groups is 1. The van der Waals surface area contributed by atoms with Crippen molar-refractivity contribution in [1.82, 2.24) is 4.37 Å². The molecular formula is C11H12N2O2S. The molecule has 2 aromatic rings. The molecule has 0 aliphatic carbocycles. The van der Waals surface area contributed by atoms with E-state index in [1.54, 1.807) is 6.92 Å². The number of hydrogen-bond acceptors (Lipinski definition) is 5. The number of rotatable bonds is 3. The molecule has 0 atom stereocenters. The zero-order valence-corrected chi connectivity index (χ0v) is 9.71. The van der Waals surface area contributed by atoms with E-state index in [-0.39, 0.29) is 12.4 Å². The molecule has 2 N–H and O–H groups in total. The van der Waals surface area contributed by atoms with Gasteiger partial charge in [0.05, 0.1) is 23.4 Å². The van der Waals surface area contributed by atoms with Gasteiger partial charge in [-0.15, -0.1) is 0 Å². The van der Waals surface area contributed by atoms with Crippen molar-refractivity contribution in [3.63, 3.8) is 0 Å². The van der Waals surface area contributed by atoms with Crippen LogP contribution >= 0.6 is 11.5 Å². The Morgan fingerprint density at radius 2 is 2.38 bits per heavy atom. The fourth-order valence-corrected chi connectivity index (χ4v) is 2.26. The first-order chi connectivity index (χ1) is 7.70. The minimum atomic E-state index is -0.253. The molecule has 84 valence electrons. The van der Waals surface area contributed by atoms with Crippen molar-refractivity contribution >= 4 is 33.3 Å². The molecule has 4 nitrogen and oxygen atoms in total. The van der Waals surface area contributed by atoms with Crippen LogP contribution in [0.1, 0.15) is 12.6 Å². The summed E-state index contributed by atoms with van der Waals surface area (Å²) in [6.45, 7) is 2.18. The van der Waals surface area contributed by atoms with E-state index in [0.29, 0.717) is 12.3 Å². The Balaban J connectivity index is 2.30. The van der Waals surface area contributed by atoms with Crippen LogP contribution in [0, 0.1) is 0 Å². The number of nitrogens with two attached hydrogens (primary N) is 1. The highest BCUT2D eigenvalue weighted by atomic mass is 32.1. The van der Waals surface area contributed by atoms with Gasteiger partial charge in [0.25, 0.3) is 0 Å². The molecular weight excluding hydrogens is 224 g/mol. The fraction of sp³-hybridized carbons (Fsp3) is 0.273. The Morgan fingerprint density at radius 3 is 3.12 bits per heavy atom. The number of fused-ring (bicyclic) bond motifs is 1. The van der Waals surface area contributed by atoms with Crippen LogP contribution in [0.5, 0.6) is 0 Å². The lowest BCUT2D eigenvalue weighted by atomic mass is 10.1. The SMILES string of the molecule is CCOC(=O)Cc1nsc2ccc(N)cc12. The standard InChI is InChI=1S/C11H12N2O2S/c1-2-15-11(14)6-9-8-5-7(12)3-4-10(8)16-13-9/h3-5H,2,6,12H2,1H3. The lowest BCUT2D eigenvalue weighted by Crippen LogP contribution is -2.07. The molecule has 1 aromatic heterocycles. The molecule has 2 rings (SSSR count). The van der Waals surface area contributed by atoms with Gasteiger partial charge in [-0.1, -0.05) is 0 Å². The minimum Gasteiger partial charge on any atom is -0.466 e. The van der Waals surface area contributed by atoms with E-state index < -0.39 is 0 Å². The third-order valence-electron chi connectivity index (χ3n) is 2.19. The van der Waals surface area contributed by atoms with E-state index in [1.165, 1.54) is 11.5 Å². The molecule has 0 amide bonds. The van der Waals surface area contributed by atoms with E-state index in [0.717, 1.165) is 15.8 Å². The highest BCUT2D eigenvalue weighted by Gasteiger charge is 2.11. The van der Waals surface area contributed by atoms with Crippen LogP contribution in [0.4, 0.5) is 5.69 Å². The summed E-state index contributed by atoms with van der Waals surface area (Å²) < 4.78 is 10.2. The molecule has 1 aromatic carbocycles. The van der Waals surface area contributed by atoms with Gasteiger partial charge < -0.3 is 10.5 Å². The number of hydrogen-bond donors (Lipinski definition) is 1. The van der Waals surface area contributed by atoms with Gasteiger partial charge in [0.1, 0.15) is 0 Å². The normalized spacial score (nSPS) is 10.6. The zero-order valence-electron chi connectivity index (χ0n) is 8.90. The van der Waals surface area contributed by atoms with E-state index >= 15 is 0 Å². The van der Waals surface area contributed by atoms with Gasteiger partial charge in [-0.3, -0.25) is 4.79 Å². The molecule has 0 saturated heterocycles. The van der Waals surface area contributed by atoms with Gasteiger partial charge in [0.2, 0.25) is 0 Å². The minimum absolute atomic E-state index is 0.206. The summed E-state index contributed by atoms with van der Waals surface area (Å²) in [7, 11) is 0. The fourth-order valence-electron chi connectivity index (χ4n) is 1.48. The van der Waals surface area contributed by atoms with E-state index in [9.17, 15) is 4.79 Å². The van der Waals surface area contributed by atoms with Crippen LogP contribution in [0.2, 0.25) is 0 Å². The van der Waals surface area contributed by atoms with Crippen molar-refractivity contribution < 1.29 is 9.53 Å². The number of nitrogen functional groups attached to an aromatic ring is 1. The highest BCUT2D eigenvalue weighted by Crippen LogP contribution is 2.25. The largest absolute Gasteiger partial charge is 0.466 e. The van der Waals surface area contributed by atoms with Gasteiger partial charge in [-0.25, -0.2) is 0 Å². The van der Waals surface area contributed by atoms with Crippen LogP contribution in [-0.4, -0.2) is 16.9 Å². The summed E-state index contributed by atoms with van der Waals surface area (Å²) in [5.74, 6) is -0.253. The summed E-state index contributed by atoms with van der Waals surface area (Å²) >= 11 is 1.37. The van der Waals surface area contributed by atoms with E-state index in [1.807, 2.05) is 18.2 Å². The van der Waals surface area contributed by atoms with Gasteiger partial charge in [0.15, 0.2) is 0 Å². The molecule has 0 fully saturated rings. The smallest absolute Gasteiger partial charge is 0.311 e. The highest BCUT2D eigenvalue weighted by molar-refractivity contribution is 7.13. The molecule has 0 aliphatic heterocycles. The summed E-state index contributed by atoms with van der Waals surface area (Å²) in [4.78, 5) is 11.4. The predicted octanol–water partition coefficient (Wildman–Crippen LogP) is 1.98. The molecule has 0 unspecified atom stereocenters. The van der Waals surface area contributed by atoms with E-state index in [4.69, 9.17) is 10.5 Å². The molecule has 0 saturated carbocycles. The number of ether oxygens (including phenoxy) is 1. The van der Waals surface area contributed by atoms with Crippen molar-refractivity contribution in [1.29, 1.82) is 0 Å². The molecule has 0 aliphatic rings. The van der Waals surface area contributed by atoms with Crippen LogP contribution in [0.15, 0.2) is 18.2 Å². The molecule has 0 spiro atoms. The van der Waals surface area contributed by atoms with Crippen LogP contribution in [0.25, 0.3) is 10.1 Å². The quantitative estimate of drug-likeness (QED) is 0.653. The first-order valence-corrected chi connectivity index (χ1v) is 5.77. The lowest BCUT2D eigenvalue weighted by molar-refractivity contribution is -0.142. The predicted molar refractivity (Wildman–Crippen MR) is 64.4 cm³/mol. The molecule has 0 bridgehead atoms. The molecule has 1 heterocycles. The second-order valence-corrected chi connectivity index (χ2v) is 4.17. The van der Waals surface area contributed by atoms with Crippen molar-refractivity contribution in [3.05, 3.63) is 23.9 Å². The first kappa shape index (κ1) is 10.9. The molecule has 16 heavy (non-hydrogen) atoms. The monoisotopic (exact) mass is 236 g/mol. The van der Waals surface area contributed by atoms with Crippen LogP contribution in [-0.2, 0) is 16.0 Å². The maximum Gasteiger partial charge on any atom is 0.311 e. The number of carbonyl (C=O) groups excluding carboxylic acids is 1. The van der Waals surface area contributed by atoms with Crippen LogP contribution in [0.3, 0.4) is 0 Å². The van der Waals surface area contributed by atoms with E-state index in [2.05, 4.69) is 4.37 Å². The summed E-state index contributed by atoms with van der Waals surface area (Å²) in [5.41, 5.74) is 7.12. The Hall–Kier alpha value is -1.62. The Morgan fingerprint density at radius 1 is 1.56 bits per heavy atom. The summed E-state index contributed by atoms with van der Waals surface area (Å²) in [5, 5.41) is 0.943. The Kier molecular flexibility index (Phi) is 3.05. The zero-order chi connectivity index (χ0) is 11.5. The van der Waals surface area contributed by atoms with Gasteiger partial charge in [0, 0.05) is 11.1 Å². The molecule has 5 heteroatoms. The van der Waals surface area contributed by atoms with Crippen molar-refractivity contribution in [2.45, 2.75) is 13.3 Å². The average Bonchev–Trinajstić information content (AvgIpc) is 2.61. The average molecular weight is 236 g/mol. The first-order valence-electron chi connectivity index (χ1n) is 5.00. The number of anilines is 1.